The first-order valence-electron chi connectivity index (χ1n) is 5.77. The molecule has 1 N–H and O–H groups in total. The van der Waals surface area contributed by atoms with Gasteiger partial charge in [-0.2, -0.15) is 13.2 Å². The number of ether oxygens (including phenoxy) is 1. The van der Waals surface area contributed by atoms with E-state index in [-0.39, 0.29) is 5.75 Å². The van der Waals surface area contributed by atoms with Gasteiger partial charge in [-0.25, -0.2) is 9.18 Å². The lowest BCUT2D eigenvalue weighted by Crippen LogP contribution is -2.17. The largest absolute Gasteiger partial charge is 0.419 e. The number of hydrogen-bond acceptors (Lipinski definition) is 2. The van der Waals surface area contributed by atoms with Crippen molar-refractivity contribution in [3.63, 3.8) is 0 Å². The second kappa shape index (κ2) is 5.82. The third-order valence-electron chi connectivity index (χ3n) is 2.48. The van der Waals surface area contributed by atoms with Gasteiger partial charge in [-0.3, -0.25) is 5.32 Å². The number of alkyl halides is 3. The standard InChI is InChI=1S/C14H9F4NO2/c15-12-8-10(6-7-11(12)14(16,17)18)21-13(20)19-9-4-2-1-3-5-9/h1-8H,(H,19,20). The molecule has 0 heterocycles. The summed E-state index contributed by atoms with van der Waals surface area (Å²) in [5, 5.41) is 2.35. The maximum atomic E-state index is 13.3. The van der Waals surface area contributed by atoms with Crippen LogP contribution in [0.1, 0.15) is 5.56 Å². The fourth-order valence-electron chi connectivity index (χ4n) is 1.56. The predicted octanol–water partition coefficient (Wildman–Crippen LogP) is 4.46. The molecule has 0 fully saturated rings. The van der Waals surface area contributed by atoms with Crippen molar-refractivity contribution in [2.24, 2.45) is 0 Å². The first kappa shape index (κ1) is 14.8. The average molecular weight is 299 g/mol. The van der Waals surface area contributed by atoms with Crippen LogP contribution in [0.25, 0.3) is 0 Å². The number of nitrogens with one attached hydrogen (secondary N) is 1. The highest BCUT2D eigenvalue weighted by molar-refractivity contribution is 5.86. The average Bonchev–Trinajstić information content (AvgIpc) is 2.38. The number of carbonyl (C=O) groups is 1. The molecule has 2 aromatic carbocycles. The van der Waals surface area contributed by atoms with E-state index in [9.17, 15) is 22.4 Å². The van der Waals surface area contributed by atoms with Gasteiger partial charge in [-0.1, -0.05) is 18.2 Å². The van der Waals surface area contributed by atoms with Gasteiger partial charge in [0.15, 0.2) is 0 Å². The van der Waals surface area contributed by atoms with Gasteiger partial charge >= 0.3 is 12.3 Å². The first-order valence-corrected chi connectivity index (χ1v) is 5.77. The van der Waals surface area contributed by atoms with Crippen molar-refractivity contribution in [3.05, 3.63) is 59.9 Å². The summed E-state index contributed by atoms with van der Waals surface area (Å²) in [6, 6.07) is 10.2. The molecule has 0 aromatic heterocycles. The molecule has 1 amide bonds. The number of halogens is 4. The van der Waals surface area contributed by atoms with E-state index in [1.165, 1.54) is 0 Å². The summed E-state index contributed by atoms with van der Waals surface area (Å²) in [4.78, 5) is 11.5. The fourth-order valence-corrected chi connectivity index (χ4v) is 1.56. The Kier molecular flexibility index (Phi) is 4.11. The molecule has 0 aliphatic rings. The Balaban J connectivity index is 2.07. The van der Waals surface area contributed by atoms with Crippen LogP contribution in [0.2, 0.25) is 0 Å². The molecule has 2 aromatic rings. The second-order valence-electron chi connectivity index (χ2n) is 4.02. The van der Waals surface area contributed by atoms with Crippen molar-refractivity contribution < 1.29 is 27.1 Å². The van der Waals surface area contributed by atoms with E-state index in [1.807, 2.05) is 0 Å². The molecule has 0 saturated carbocycles. The molecule has 0 bridgehead atoms. The summed E-state index contributed by atoms with van der Waals surface area (Å²) in [6.45, 7) is 0. The van der Waals surface area contributed by atoms with Crippen LogP contribution < -0.4 is 10.1 Å². The Bertz CT molecular complexity index is 641. The predicted molar refractivity (Wildman–Crippen MR) is 67.5 cm³/mol. The Morgan fingerprint density at radius 3 is 2.29 bits per heavy atom. The van der Waals surface area contributed by atoms with Crippen LogP contribution in [-0.4, -0.2) is 6.09 Å². The molecule has 0 radical (unpaired) electrons. The van der Waals surface area contributed by atoms with Gasteiger partial charge in [0.05, 0.1) is 5.56 Å². The second-order valence-corrected chi connectivity index (χ2v) is 4.02. The number of para-hydroxylation sites is 1. The van der Waals surface area contributed by atoms with Gasteiger partial charge in [-0.15, -0.1) is 0 Å². The van der Waals surface area contributed by atoms with Gasteiger partial charge in [0.2, 0.25) is 0 Å². The lowest BCUT2D eigenvalue weighted by atomic mass is 10.2. The highest BCUT2D eigenvalue weighted by Gasteiger charge is 2.34. The van der Waals surface area contributed by atoms with Crippen LogP contribution in [0.5, 0.6) is 5.75 Å². The molecule has 0 aliphatic carbocycles. The van der Waals surface area contributed by atoms with Crippen LogP contribution in [0, 0.1) is 5.82 Å². The molecule has 0 spiro atoms. The van der Waals surface area contributed by atoms with E-state index in [2.05, 4.69) is 5.32 Å². The maximum absolute atomic E-state index is 13.3. The lowest BCUT2D eigenvalue weighted by Gasteiger charge is -2.10. The van der Waals surface area contributed by atoms with Crippen molar-refractivity contribution in [2.45, 2.75) is 6.18 Å². The molecular formula is C14H9F4NO2. The quantitative estimate of drug-likeness (QED) is 0.832. The summed E-state index contributed by atoms with van der Waals surface area (Å²) in [6.07, 6.45) is -5.73. The van der Waals surface area contributed by atoms with E-state index in [4.69, 9.17) is 4.74 Å². The van der Waals surface area contributed by atoms with Crippen molar-refractivity contribution in [1.82, 2.24) is 0 Å². The Morgan fingerprint density at radius 1 is 1.05 bits per heavy atom. The number of hydrogen-bond donors (Lipinski definition) is 1. The summed E-state index contributed by atoms with van der Waals surface area (Å²) >= 11 is 0. The molecule has 0 saturated heterocycles. The van der Waals surface area contributed by atoms with Crippen LogP contribution in [0.4, 0.5) is 28.0 Å². The van der Waals surface area contributed by atoms with Crippen LogP contribution in [0.3, 0.4) is 0 Å². The zero-order chi connectivity index (χ0) is 15.5. The van der Waals surface area contributed by atoms with E-state index in [0.29, 0.717) is 17.8 Å². The fraction of sp³-hybridized carbons (Fsp3) is 0.0714. The minimum atomic E-state index is -4.80. The first-order chi connectivity index (χ1) is 9.86. The molecule has 0 aliphatic heterocycles. The number of anilines is 1. The van der Waals surface area contributed by atoms with Crippen LogP contribution >= 0.6 is 0 Å². The van der Waals surface area contributed by atoms with Crippen molar-refractivity contribution in [1.29, 1.82) is 0 Å². The van der Waals surface area contributed by atoms with Gasteiger partial charge in [0.1, 0.15) is 11.6 Å². The van der Waals surface area contributed by atoms with E-state index >= 15 is 0 Å². The van der Waals surface area contributed by atoms with Gasteiger partial charge in [0, 0.05) is 11.8 Å². The minimum absolute atomic E-state index is 0.325. The van der Waals surface area contributed by atoms with Gasteiger partial charge in [-0.05, 0) is 24.3 Å². The maximum Gasteiger partial charge on any atom is 0.419 e. The van der Waals surface area contributed by atoms with E-state index in [0.717, 1.165) is 6.07 Å². The van der Waals surface area contributed by atoms with Crippen molar-refractivity contribution in [2.75, 3.05) is 5.32 Å². The third kappa shape index (κ3) is 3.95. The summed E-state index contributed by atoms with van der Waals surface area (Å²) in [7, 11) is 0. The third-order valence-corrected chi connectivity index (χ3v) is 2.48. The van der Waals surface area contributed by atoms with Gasteiger partial charge < -0.3 is 4.74 Å². The number of benzene rings is 2. The smallest absolute Gasteiger partial charge is 0.410 e. The summed E-state index contributed by atoms with van der Waals surface area (Å²) in [5.74, 6) is -1.83. The lowest BCUT2D eigenvalue weighted by molar-refractivity contribution is -0.140. The van der Waals surface area contributed by atoms with Crippen molar-refractivity contribution in [3.8, 4) is 5.75 Å². The van der Waals surface area contributed by atoms with Gasteiger partial charge in [0.25, 0.3) is 0 Å². The number of carbonyl (C=O) groups excluding carboxylic acids is 1. The molecule has 0 atom stereocenters. The Morgan fingerprint density at radius 2 is 1.71 bits per heavy atom. The topological polar surface area (TPSA) is 38.3 Å². The highest BCUT2D eigenvalue weighted by atomic mass is 19.4. The Hall–Kier alpha value is -2.57. The van der Waals surface area contributed by atoms with Crippen LogP contribution in [0.15, 0.2) is 48.5 Å². The molecule has 3 nitrogen and oxygen atoms in total. The molecule has 2 rings (SSSR count). The summed E-state index contributed by atoms with van der Waals surface area (Å²) < 4.78 is 55.1. The van der Waals surface area contributed by atoms with E-state index < -0.39 is 23.7 Å². The number of amides is 1. The molecule has 0 unspecified atom stereocenters. The molecule has 110 valence electrons. The van der Waals surface area contributed by atoms with Crippen molar-refractivity contribution >= 4 is 11.8 Å². The zero-order valence-electron chi connectivity index (χ0n) is 10.4. The van der Waals surface area contributed by atoms with E-state index in [1.54, 1.807) is 30.3 Å². The minimum Gasteiger partial charge on any atom is -0.410 e. The summed E-state index contributed by atoms with van der Waals surface area (Å²) in [5.41, 5.74) is -0.979. The monoisotopic (exact) mass is 299 g/mol. The normalized spacial score (nSPS) is 11.0. The molecule has 21 heavy (non-hydrogen) atoms. The molecule has 7 heteroatoms. The highest BCUT2D eigenvalue weighted by Crippen LogP contribution is 2.32. The van der Waals surface area contributed by atoms with Crippen LogP contribution in [-0.2, 0) is 6.18 Å². The Labute approximate surface area is 117 Å². The SMILES string of the molecule is O=C(Nc1ccccc1)Oc1ccc(C(F)(F)F)c(F)c1. The molecular weight excluding hydrogens is 290 g/mol. The number of rotatable bonds is 2. The zero-order valence-corrected chi connectivity index (χ0v) is 10.4.